The average molecular weight is 315 g/mol. The molecule has 1 aromatic carbocycles. The topological polar surface area (TPSA) is 90.6 Å². The molecule has 1 aromatic rings. The third-order valence-electron chi connectivity index (χ3n) is 2.85. The molecule has 0 aliphatic rings. The summed E-state index contributed by atoms with van der Waals surface area (Å²) in [6.07, 6.45) is 1.16. The largest absolute Gasteiger partial charge is 0.465 e. The van der Waals surface area contributed by atoms with Gasteiger partial charge in [0.15, 0.2) is 0 Å². The molecule has 1 unspecified atom stereocenters. The first kappa shape index (κ1) is 17.4. The number of benzene rings is 1. The minimum absolute atomic E-state index is 0.183. The highest BCUT2D eigenvalue weighted by Gasteiger charge is 2.18. The van der Waals surface area contributed by atoms with Gasteiger partial charge in [-0.05, 0) is 31.0 Å². The number of nitrogens with two attached hydrogens (primary N) is 1. The van der Waals surface area contributed by atoms with Crippen molar-refractivity contribution in [2.75, 3.05) is 26.1 Å². The van der Waals surface area contributed by atoms with E-state index >= 15 is 0 Å². The number of methoxy groups -OCH3 is 2. The van der Waals surface area contributed by atoms with E-state index in [2.05, 4.69) is 10.1 Å². The van der Waals surface area contributed by atoms with Crippen LogP contribution in [0, 0.1) is 0 Å². The molecule has 1 rings (SSSR count). The Balaban J connectivity index is 2.77. The summed E-state index contributed by atoms with van der Waals surface area (Å²) < 4.78 is 9.56. The van der Waals surface area contributed by atoms with Crippen LogP contribution in [-0.2, 0) is 14.3 Å². The first-order valence-corrected chi connectivity index (χ1v) is 6.80. The van der Waals surface area contributed by atoms with Crippen molar-refractivity contribution in [1.82, 2.24) is 0 Å². The Bertz CT molecular complexity index is 508. The zero-order valence-electron chi connectivity index (χ0n) is 12.0. The minimum Gasteiger partial charge on any atom is -0.465 e. The molecule has 0 heterocycles. The van der Waals surface area contributed by atoms with Crippen molar-refractivity contribution < 1.29 is 19.1 Å². The molecule has 1 atom stereocenters. The number of carbonyl (C=O) groups excluding carboxylic acids is 2. The molecule has 116 valence electrons. The molecule has 0 aromatic heterocycles. The number of ether oxygens (including phenoxy) is 2. The molecule has 0 spiro atoms. The van der Waals surface area contributed by atoms with Crippen LogP contribution >= 0.6 is 11.6 Å². The standard InChI is InChI=1S/C14H19ClN2O4/c1-20-7-3-4-11(16)13(18)17-12-6-5-9(15)8-10(12)14(19)21-2/h5-6,8,11H,3-4,7,16H2,1-2H3,(H,17,18). The van der Waals surface area contributed by atoms with Crippen LogP contribution in [0.2, 0.25) is 5.02 Å². The van der Waals surface area contributed by atoms with Crippen molar-refractivity contribution in [1.29, 1.82) is 0 Å². The van der Waals surface area contributed by atoms with Gasteiger partial charge in [-0.25, -0.2) is 4.79 Å². The van der Waals surface area contributed by atoms with E-state index in [0.717, 1.165) is 0 Å². The van der Waals surface area contributed by atoms with Gasteiger partial charge in [-0.1, -0.05) is 11.6 Å². The molecule has 0 aliphatic carbocycles. The highest BCUT2D eigenvalue weighted by molar-refractivity contribution is 6.31. The Morgan fingerprint density at radius 3 is 2.71 bits per heavy atom. The van der Waals surface area contributed by atoms with Crippen LogP contribution in [0.1, 0.15) is 23.2 Å². The lowest BCUT2D eigenvalue weighted by Crippen LogP contribution is -2.36. The number of hydrogen-bond donors (Lipinski definition) is 2. The van der Waals surface area contributed by atoms with Crippen molar-refractivity contribution in [3.05, 3.63) is 28.8 Å². The molecule has 0 aliphatic heterocycles. The first-order chi connectivity index (χ1) is 9.99. The van der Waals surface area contributed by atoms with E-state index in [1.54, 1.807) is 13.2 Å². The Labute approximate surface area is 128 Å². The molecule has 0 radical (unpaired) electrons. The molecule has 7 heteroatoms. The summed E-state index contributed by atoms with van der Waals surface area (Å²) in [7, 11) is 2.84. The highest BCUT2D eigenvalue weighted by atomic mass is 35.5. The number of rotatable bonds is 7. The molecule has 21 heavy (non-hydrogen) atoms. The molecular weight excluding hydrogens is 296 g/mol. The molecule has 3 N–H and O–H groups in total. The van der Waals surface area contributed by atoms with Crippen LogP contribution in [0.3, 0.4) is 0 Å². The van der Waals surface area contributed by atoms with E-state index in [1.165, 1.54) is 19.2 Å². The van der Waals surface area contributed by atoms with Crippen LogP contribution in [0.5, 0.6) is 0 Å². The van der Waals surface area contributed by atoms with Gasteiger partial charge in [0.2, 0.25) is 5.91 Å². The Morgan fingerprint density at radius 1 is 1.38 bits per heavy atom. The van der Waals surface area contributed by atoms with Gasteiger partial charge in [0, 0.05) is 18.7 Å². The van der Waals surface area contributed by atoms with Crippen LogP contribution in [0.4, 0.5) is 5.69 Å². The van der Waals surface area contributed by atoms with Gasteiger partial charge in [0.25, 0.3) is 0 Å². The normalized spacial score (nSPS) is 11.8. The SMILES string of the molecule is COCCCC(N)C(=O)Nc1ccc(Cl)cc1C(=O)OC. The summed E-state index contributed by atoms with van der Waals surface area (Å²) in [5.74, 6) is -0.959. The summed E-state index contributed by atoms with van der Waals surface area (Å²) >= 11 is 5.84. The second-order valence-electron chi connectivity index (χ2n) is 4.41. The van der Waals surface area contributed by atoms with E-state index < -0.39 is 12.0 Å². The lowest BCUT2D eigenvalue weighted by molar-refractivity contribution is -0.117. The third kappa shape index (κ3) is 5.34. The molecule has 6 nitrogen and oxygen atoms in total. The maximum absolute atomic E-state index is 12.0. The Kier molecular flexibility index (Phi) is 7.14. The lowest BCUT2D eigenvalue weighted by atomic mass is 10.1. The molecule has 1 amide bonds. The van der Waals surface area contributed by atoms with Gasteiger partial charge in [-0.3, -0.25) is 4.79 Å². The van der Waals surface area contributed by atoms with E-state index in [4.69, 9.17) is 22.1 Å². The number of hydrogen-bond acceptors (Lipinski definition) is 5. The van der Waals surface area contributed by atoms with Crippen molar-refractivity contribution >= 4 is 29.2 Å². The molecule has 0 saturated carbocycles. The number of halogens is 1. The zero-order valence-corrected chi connectivity index (χ0v) is 12.8. The monoisotopic (exact) mass is 314 g/mol. The van der Waals surface area contributed by atoms with Crippen LogP contribution in [0.15, 0.2) is 18.2 Å². The van der Waals surface area contributed by atoms with Crippen LogP contribution in [-0.4, -0.2) is 38.7 Å². The lowest BCUT2D eigenvalue weighted by Gasteiger charge is -2.14. The summed E-state index contributed by atoms with van der Waals surface area (Å²) in [4.78, 5) is 23.7. The van der Waals surface area contributed by atoms with Gasteiger partial charge >= 0.3 is 5.97 Å². The number of carbonyl (C=O) groups is 2. The second-order valence-corrected chi connectivity index (χ2v) is 4.85. The second kappa shape index (κ2) is 8.61. The van der Waals surface area contributed by atoms with Crippen molar-refractivity contribution in [3.63, 3.8) is 0 Å². The summed E-state index contributed by atoms with van der Waals surface area (Å²) in [6.45, 7) is 0.537. The van der Waals surface area contributed by atoms with Crippen molar-refractivity contribution in [2.45, 2.75) is 18.9 Å². The Hall–Kier alpha value is -1.63. The molecule has 0 bridgehead atoms. The predicted molar refractivity (Wildman–Crippen MR) is 80.5 cm³/mol. The zero-order chi connectivity index (χ0) is 15.8. The Morgan fingerprint density at radius 2 is 2.10 bits per heavy atom. The maximum atomic E-state index is 12.0. The first-order valence-electron chi connectivity index (χ1n) is 6.42. The van der Waals surface area contributed by atoms with Crippen LogP contribution in [0.25, 0.3) is 0 Å². The average Bonchev–Trinajstić information content (AvgIpc) is 2.48. The quantitative estimate of drug-likeness (QED) is 0.592. The minimum atomic E-state index is -0.679. The number of esters is 1. The highest BCUT2D eigenvalue weighted by Crippen LogP contribution is 2.21. The van der Waals surface area contributed by atoms with Gasteiger partial charge in [0.05, 0.1) is 24.4 Å². The van der Waals surface area contributed by atoms with E-state index in [1.807, 2.05) is 0 Å². The van der Waals surface area contributed by atoms with Crippen molar-refractivity contribution in [2.24, 2.45) is 5.73 Å². The predicted octanol–water partition coefficient (Wildman–Crippen LogP) is 1.82. The van der Waals surface area contributed by atoms with E-state index in [9.17, 15) is 9.59 Å². The smallest absolute Gasteiger partial charge is 0.340 e. The number of amides is 1. The van der Waals surface area contributed by atoms with Crippen LogP contribution < -0.4 is 11.1 Å². The maximum Gasteiger partial charge on any atom is 0.340 e. The fourth-order valence-corrected chi connectivity index (χ4v) is 1.88. The third-order valence-corrected chi connectivity index (χ3v) is 3.08. The molecule has 0 fully saturated rings. The van der Waals surface area contributed by atoms with Gasteiger partial charge in [-0.15, -0.1) is 0 Å². The summed E-state index contributed by atoms with van der Waals surface area (Å²) in [6, 6.07) is 3.86. The summed E-state index contributed by atoms with van der Waals surface area (Å²) in [5, 5.41) is 2.99. The van der Waals surface area contributed by atoms with E-state index in [-0.39, 0.29) is 11.5 Å². The molecular formula is C14H19ClN2O4. The van der Waals surface area contributed by atoms with Crippen molar-refractivity contribution in [3.8, 4) is 0 Å². The molecule has 0 saturated heterocycles. The fourth-order valence-electron chi connectivity index (χ4n) is 1.71. The number of nitrogens with one attached hydrogen (secondary N) is 1. The van der Waals surface area contributed by atoms with Gasteiger partial charge in [0.1, 0.15) is 0 Å². The van der Waals surface area contributed by atoms with E-state index in [0.29, 0.717) is 30.2 Å². The number of anilines is 1. The van der Waals surface area contributed by atoms with Gasteiger partial charge < -0.3 is 20.5 Å². The fraction of sp³-hybridized carbons (Fsp3) is 0.429. The summed E-state index contributed by atoms with van der Waals surface area (Å²) in [5.41, 5.74) is 6.29. The van der Waals surface area contributed by atoms with Gasteiger partial charge in [-0.2, -0.15) is 0 Å².